The van der Waals surface area contributed by atoms with Gasteiger partial charge in [-0.15, -0.1) is 0 Å². The second-order valence-corrected chi connectivity index (χ2v) is 8.93. The summed E-state index contributed by atoms with van der Waals surface area (Å²) >= 11 is 11.6. The molecule has 170 valence electrons. The lowest BCUT2D eigenvalue weighted by Crippen LogP contribution is -2.55. The summed E-state index contributed by atoms with van der Waals surface area (Å²) in [6.07, 6.45) is 3.36. The number of aliphatic hydroxyl groups is 1. The highest BCUT2D eigenvalue weighted by Gasteiger charge is 2.62. The number of ether oxygens (including phenoxy) is 1. The Hall–Kier alpha value is -2.36. The Bertz CT molecular complexity index is 1060. The molecule has 2 fully saturated rings. The van der Waals surface area contributed by atoms with E-state index < -0.39 is 47.6 Å². The van der Waals surface area contributed by atoms with E-state index in [2.05, 4.69) is 5.32 Å². The zero-order chi connectivity index (χ0) is 23.2. The normalized spacial score (nSPS) is 26.4. The van der Waals surface area contributed by atoms with Crippen molar-refractivity contribution in [3.63, 3.8) is 0 Å². The van der Waals surface area contributed by atoms with Crippen LogP contribution in [0.25, 0.3) is 0 Å². The van der Waals surface area contributed by atoms with Crippen LogP contribution in [0.5, 0.6) is 0 Å². The molecule has 4 rings (SSSR count). The van der Waals surface area contributed by atoms with Gasteiger partial charge in [0.1, 0.15) is 17.2 Å². The number of carbonyl (C=O) groups is 2. The number of amides is 1. The van der Waals surface area contributed by atoms with Crippen molar-refractivity contribution >= 4 is 40.8 Å². The topological polar surface area (TPSA) is 78.9 Å². The number of carbonyl (C=O) groups excluding carboxylic acids is 2. The average molecular weight is 483 g/mol. The molecule has 1 amide bonds. The molecule has 3 aliphatic rings. The minimum Gasteiger partial charge on any atom is -0.465 e. The van der Waals surface area contributed by atoms with Crippen molar-refractivity contribution in [2.45, 2.75) is 30.8 Å². The van der Waals surface area contributed by atoms with Crippen molar-refractivity contribution in [2.75, 3.05) is 13.7 Å². The molecule has 10 heteroatoms. The Morgan fingerprint density at radius 3 is 2.75 bits per heavy atom. The summed E-state index contributed by atoms with van der Waals surface area (Å²) < 4.78 is 32.9. The lowest BCUT2D eigenvalue weighted by molar-refractivity contribution is -0.135. The van der Waals surface area contributed by atoms with Crippen molar-refractivity contribution in [1.82, 2.24) is 10.2 Å². The smallest absolute Gasteiger partial charge is 0.339 e. The van der Waals surface area contributed by atoms with Crippen LogP contribution in [0.1, 0.15) is 41.2 Å². The van der Waals surface area contributed by atoms with Gasteiger partial charge in [-0.05, 0) is 54.7 Å². The number of hydrogen-bond donors (Lipinski definition) is 2. The molecule has 1 unspecified atom stereocenters. The van der Waals surface area contributed by atoms with E-state index >= 15 is 0 Å². The summed E-state index contributed by atoms with van der Waals surface area (Å²) in [5.74, 6) is -3.43. The maximum atomic E-state index is 14.1. The zero-order valence-electron chi connectivity index (χ0n) is 17.1. The second kappa shape index (κ2) is 8.53. The van der Waals surface area contributed by atoms with Gasteiger partial charge in [-0.1, -0.05) is 17.7 Å². The summed E-state index contributed by atoms with van der Waals surface area (Å²) in [5, 5.41) is 13.4. The Morgan fingerprint density at radius 1 is 1.44 bits per heavy atom. The monoisotopic (exact) mass is 482 g/mol. The number of allylic oxidation sites excluding steroid dienone is 3. The first kappa shape index (κ1) is 22.8. The molecule has 32 heavy (non-hydrogen) atoms. The lowest BCUT2D eigenvalue weighted by Gasteiger charge is -2.35. The second-order valence-electron chi connectivity index (χ2n) is 8.13. The Labute approximate surface area is 193 Å². The third-order valence-electron chi connectivity index (χ3n) is 6.25. The van der Waals surface area contributed by atoms with Gasteiger partial charge in [-0.2, -0.15) is 0 Å². The number of thiocarbonyl (C=S) groups is 1. The van der Waals surface area contributed by atoms with Crippen LogP contribution in [0.3, 0.4) is 0 Å². The minimum atomic E-state index is -1.30. The van der Waals surface area contributed by atoms with Crippen LogP contribution in [0.15, 0.2) is 42.0 Å². The first-order valence-electron chi connectivity index (χ1n) is 10.1. The van der Waals surface area contributed by atoms with Crippen molar-refractivity contribution < 1.29 is 28.2 Å². The number of nitrogens with zero attached hydrogens (tertiary/aromatic N) is 1. The van der Waals surface area contributed by atoms with Gasteiger partial charge in [0.05, 0.1) is 30.3 Å². The highest BCUT2D eigenvalue weighted by Crippen LogP contribution is 2.51. The van der Waals surface area contributed by atoms with E-state index in [-0.39, 0.29) is 28.0 Å². The standard InChI is InChI=1S/C22H21ClF2N2O4S/c1-31-19(29)16-6-11(2-5-17(16)23)18(10-28)27-20(30)22(12-3-4-12,26-21(27)32)13-7-14(24)9-15(25)8-13/h2,5-7,9,12-13,18,28H,3-4,8,10H2,1H3,(H,26,32)/t13?,18-,22-/m1/s1. The van der Waals surface area contributed by atoms with Gasteiger partial charge in [0.15, 0.2) is 5.11 Å². The van der Waals surface area contributed by atoms with Crippen LogP contribution >= 0.6 is 23.8 Å². The number of halogens is 3. The molecule has 1 heterocycles. The molecular formula is C22H21ClF2N2O4S. The summed E-state index contributed by atoms with van der Waals surface area (Å²) in [5.41, 5.74) is -0.808. The van der Waals surface area contributed by atoms with Gasteiger partial charge >= 0.3 is 5.97 Å². The molecule has 2 aliphatic carbocycles. The predicted octanol–water partition coefficient (Wildman–Crippen LogP) is 3.75. The Morgan fingerprint density at radius 2 is 2.16 bits per heavy atom. The van der Waals surface area contributed by atoms with Crippen molar-refractivity contribution in [3.8, 4) is 0 Å². The highest BCUT2D eigenvalue weighted by molar-refractivity contribution is 7.80. The molecule has 0 bridgehead atoms. The predicted molar refractivity (Wildman–Crippen MR) is 117 cm³/mol. The highest BCUT2D eigenvalue weighted by atomic mass is 35.5. The lowest BCUT2D eigenvalue weighted by atomic mass is 9.75. The minimum absolute atomic E-state index is 0.0549. The maximum absolute atomic E-state index is 14.1. The van der Waals surface area contributed by atoms with E-state index in [1.807, 2.05) is 0 Å². The summed E-state index contributed by atoms with van der Waals surface area (Å²) in [6.45, 7) is -0.500. The third kappa shape index (κ3) is 3.72. The summed E-state index contributed by atoms with van der Waals surface area (Å²) in [7, 11) is 1.21. The zero-order valence-corrected chi connectivity index (χ0v) is 18.7. The van der Waals surface area contributed by atoms with E-state index in [0.29, 0.717) is 18.4 Å². The van der Waals surface area contributed by atoms with Gasteiger partial charge in [-0.3, -0.25) is 9.69 Å². The molecule has 1 saturated heterocycles. The first-order chi connectivity index (χ1) is 15.2. The van der Waals surface area contributed by atoms with E-state index in [9.17, 15) is 23.5 Å². The molecular weight excluding hydrogens is 462 g/mol. The van der Waals surface area contributed by atoms with Crippen LogP contribution in [0.4, 0.5) is 8.78 Å². The molecule has 0 spiro atoms. The van der Waals surface area contributed by atoms with Crippen LogP contribution in [-0.4, -0.2) is 46.3 Å². The van der Waals surface area contributed by atoms with E-state index in [1.165, 1.54) is 30.2 Å². The van der Waals surface area contributed by atoms with E-state index in [0.717, 1.165) is 6.08 Å². The van der Waals surface area contributed by atoms with Gasteiger partial charge in [0, 0.05) is 18.4 Å². The fraction of sp³-hybridized carbons (Fsp3) is 0.409. The van der Waals surface area contributed by atoms with Crippen molar-refractivity contribution in [3.05, 3.63) is 58.2 Å². The molecule has 1 saturated carbocycles. The van der Waals surface area contributed by atoms with Crippen molar-refractivity contribution in [2.24, 2.45) is 11.8 Å². The van der Waals surface area contributed by atoms with Gasteiger partial charge in [-0.25, -0.2) is 13.6 Å². The number of hydrogen-bond acceptors (Lipinski definition) is 5. The molecule has 0 aromatic heterocycles. The number of methoxy groups -OCH3 is 1. The molecule has 2 N–H and O–H groups in total. The van der Waals surface area contributed by atoms with Crippen LogP contribution in [0.2, 0.25) is 5.02 Å². The number of esters is 1. The molecule has 6 nitrogen and oxygen atoms in total. The molecule has 0 radical (unpaired) electrons. The summed E-state index contributed by atoms with van der Waals surface area (Å²) in [6, 6.07) is 3.55. The maximum Gasteiger partial charge on any atom is 0.339 e. The average Bonchev–Trinajstić information content (AvgIpc) is 3.56. The number of aliphatic hydroxyl groups excluding tert-OH is 1. The van der Waals surface area contributed by atoms with E-state index in [4.69, 9.17) is 28.6 Å². The summed E-state index contributed by atoms with van der Waals surface area (Å²) in [4.78, 5) is 27.1. The molecule has 1 aliphatic heterocycles. The molecule has 3 atom stereocenters. The largest absolute Gasteiger partial charge is 0.465 e. The SMILES string of the molecule is COC(=O)c1cc([C@@H](CO)N2C(=O)[C@](C3C=C(F)C=C(F)C3)(C3CC3)NC2=S)ccc1Cl. The van der Waals surface area contributed by atoms with E-state index in [1.54, 1.807) is 6.07 Å². The van der Waals surface area contributed by atoms with Crippen LogP contribution in [0, 0.1) is 11.8 Å². The number of nitrogens with one attached hydrogen (secondary N) is 1. The quantitative estimate of drug-likeness (QED) is 0.475. The van der Waals surface area contributed by atoms with Gasteiger partial charge in [0.2, 0.25) is 0 Å². The van der Waals surface area contributed by atoms with Gasteiger partial charge < -0.3 is 15.2 Å². The fourth-order valence-electron chi connectivity index (χ4n) is 4.60. The Kier molecular flexibility index (Phi) is 6.08. The number of rotatable bonds is 6. The molecule has 1 aromatic carbocycles. The van der Waals surface area contributed by atoms with Crippen molar-refractivity contribution in [1.29, 1.82) is 0 Å². The van der Waals surface area contributed by atoms with Crippen LogP contribution in [-0.2, 0) is 9.53 Å². The third-order valence-corrected chi connectivity index (χ3v) is 6.87. The van der Waals surface area contributed by atoms with Gasteiger partial charge in [0.25, 0.3) is 5.91 Å². The Balaban J connectivity index is 1.73. The molecule has 1 aromatic rings. The number of benzene rings is 1. The first-order valence-corrected chi connectivity index (χ1v) is 10.9. The van der Waals surface area contributed by atoms with Crippen LogP contribution < -0.4 is 5.32 Å². The fourth-order valence-corrected chi connectivity index (χ4v) is 5.17.